The first-order valence-corrected chi connectivity index (χ1v) is 4.43. The standard InChI is InChI=1S/C10H12ClNO/c1-13-10-5-3-9(4-6-10)12-8-2-7-11/h2-7,12H,8H2,1H3/b7-2+. The summed E-state index contributed by atoms with van der Waals surface area (Å²) >= 11 is 5.37. The Kier molecular flexibility index (Phi) is 4.19. The molecule has 0 saturated heterocycles. The molecule has 3 heteroatoms. The summed E-state index contributed by atoms with van der Waals surface area (Å²) in [7, 11) is 1.65. The molecule has 0 aliphatic heterocycles. The Morgan fingerprint density at radius 1 is 1.38 bits per heavy atom. The summed E-state index contributed by atoms with van der Waals surface area (Å²) in [6.07, 6.45) is 1.84. The average Bonchev–Trinajstić information content (AvgIpc) is 2.19. The van der Waals surface area contributed by atoms with E-state index >= 15 is 0 Å². The third-order valence-corrected chi connectivity index (χ3v) is 1.78. The van der Waals surface area contributed by atoms with Gasteiger partial charge in [-0.05, 0) is 24.3 Å². The van der Waals surface area contributed by atoms with Crippen LogP contribution in [-0.4, -0.2) is 13.7 Å². The number of nitrogens with one attached hydrogen (secondary N) is 1. The Morgan fingerprint density at radius 3 is 2.62 bits per heavy atom. The Morgan fingerprint density at radius 2 is 2.08 bits per heavy atom. The van der Waals surface area contributed by atoms with Crippen molar-refractivity contribution < 1.29 is 4.74 Å². The van der Waals surface area contributed by atoms with Crippen LogP contribution in [0, 0.1) is 0 Å². The molecular formula is C10H12ClNO. The van der Waals surface area contributed by atoms with Gasteiger partial charge in [0.1, 0.15) is 5.75 Å². The van der Waals surface area contributed by atoms with Crippen LogP contribution in [0.4, 0.5) is 5.69 Å². The van der Waals surface area contributed by atoms with E-state index in [0.29, 0.717) is 0 Å². The van der Waals surface area contributed by atoms with E-state index in [-0.39, 0.29) is 0 Å². The molecule has 1 N–H and O–H groups in total. The maximum atomic E-state index is 5.37. The van der Waals surface area contributed by atoms with Gasteiger partial charge in [-0.3, -0.25) is 0 Å². The molecule has 0 aromatic heterocycles. The molecule has 0 bridgehead atoms. The van der Waals surface area contributed by atoms with Crippen LogP contribution in [-0.2, 0) is 0 Å². The maximum Gasteiger partial charge on any atom is 0.119 e. The first-order chi connectivity index (χ1) is 6.36. The van der Waals surface area contributed by atoms with Crippen molar-refractivity contribution >= 4 is 17.3 Å². The van der Waals surface area contributed by atoms with Crippen molar-refractivity contribution in [3.63, 3.8) is 0 Å². The minimum atomic E-state index is 0.732. The lowest BCUT2D eigenvalue weighted by Crippen LogP contribution is -1.97. The quantitative estimate of drug-likeness (QED) is 0.802. The number of rotatable bonds is 4. The number of hydrogen-bond acceptors (Lipinski definition) is 2. The molecule has 0 spiro atoms. The molecule has 0 heterocycles. The van der Waals surface area contributed by atoms with Crippen molar-refractivity contribution in [2.45, 2.75) is 0 Å². The minimum absolute atomic E-state index is 0.732. The molecule has 1 rings (SSSR count). The molecule has 0 saturated carbocycles. The van der Waals surface area contributed by atoms with Gasteiger partial charge in [0.2, 0.25) is 0 Å². The van der Waals surface area contributed by atoms with Crippen LogP contribution in [0.15, 0.2) is 35.9 Å². The number of benzene rings is 1. The zero-order valence-corrected chi connectivity index (χ0v) is 8.21. The summed E-state index contributed by atoms with van der Waals surface area (Å²) in [4.78, 5) is 0. The predicted molar refractivity (Wildman–Crippen MR) is 56.5 cm³/mol. The summed E-state index contributed by atoms with van der Waals surface area (Å²) in [5, 5.41) is 3.17. The fourth-order valence-corrected chi connectivity index (χ4v) is 1.02. The van der Waals surface area contributed by atoms with Gasteiger partial charge in [-0.1, -0.05) is 17.7 Å². The van der Waals surface area contributed by atoms with Gasteiger partial charge in [-0.15, -0.1) is 0 Å². The second-order valence-corrected chi connectivity index (χ2v) is 2.72. The Labute approximate surface area is 83.2 Å². The van der Waals surface area contributed by atoms with Gasteiger partial charge in [0.15, 0.2) is 0 Å². The maximum absolute atomic E-state index is 5.37. The smallest absolute Gasteiger partial charge is 0.119 e. The van der Waals surface area contributed by atoms with Crippen molar-refractivity contribution in [1.82, 2.24) is 0 Å². The zero-order valence-electron chi connectivity index (χ0n) is 7.46. The highest BCUT2D eigenvalue weighted by molar-refractivity contribution is 6.25. The number of anilines is 1. The monoisotopic (exact) mass is 197 g/mol. The molecule has 13 heavy (non-hydrogen) atoms. The predicted octanol–water partition coefficient (Wildman–Crippen LogP) is 2.86. The van der Waals surface area contributed by atoms with Crippen molar-refractivity contribution in [3.05, 3.63) is 35.9 Å². The normalized spacial score (nSPS) is 10.3. The van der Waals surface area contributed by atoms with Crippen LogP contribution in [0.5, 0.6) is 5.75 Å². The summed E-state index contributed by atoms with van der Waals surface area (Å²) in [6.45, 7) is 0.732. The molecule has 0 radical (unpaired) electrons. The van der Waals surface area contributed by atoms with E-state index in [1.54, 1.807) is 7.11 Å². The lowest BCUT2D eigenvalue weighted by Gasteiger charge is -2.04. The molecular weight excluding hydrogens is 186 g/mol. The van der Waals surface area contributed by atoms with Crippen molar-refractivity contribution in [3.8, 4) is 5.75 Å². The fourth-order valence-electron chi connectivity index (χ4n) is 0.930. The van der Waals surface area contributed by atoms with Crippen LogP contribution >= 0.6 is 11.6 Å². The third-order valence-electron chi connectivity index (χ3n) is 1.60. The second-order valence-electron chi connectivity index (χ2n) is 2.47. The number of hydrogen-bond donors (Lipinski definition) is 1. The van der Waals surface area contributed by atoms with E-state index in [1.165, 1.54) is 5.54 Å². The van der Waals surface area contributed by atoms with Gasteiger partial charge in [0.25, 0.3) is 0 Å². The average molecular weight is 198 g/mol. The molecule has 0 atom stereocenters. The summed E-state index contributed by atoms with van der Waals surface area (Å²) in [5.74, 6) is 0.860. The van der Waals surface area contributed by atoms with Crippen LogP contribution in [0.3, 0.4) is 0 Å². The molecule has 70 valence electrons. The van der Waals surface area contributed by atoms with Gasteiger partial charge >= 0.3 is 0 Å². The van der Waals surface area contributed by atoms with Crippen LogP contribution < -0.4 is 10.1 Å². The van der Waals surface area contributed by atoms with Gasteiger partial charge < -0.3 is 10.1 Å². The van der Waals surface area contributed by atoms with Gasteiger partial charge in [0, 0.05) is 17.8 Å². The minimum Gasteiger partial charge on any atom is -0.497 e. The molecule has 0 aliphatic rings. The molecule has 2 nitrogen and oxygen atoms in total. The second kappa shape index (κ2) is 5.49. The molecule has 1 aromatic rings. The Balaban J connectivity index is 2.49. The topological polar surface area (TPSA) is 21.3 Å². The highest BCUT2D eigenvalue weighted by atomic mass is 35.5. The van der Waals surface area contributed by atoms with Gasteiger partial charge in [0.05, 0.1) is 7.11 Å². The highest BCUT2D eigenvalue weighted by Gasteiger charge is 1.90. The summed E-state index contributed by atoms with van der Waals surface area (Å²) < 4.78 is 5.03. The van der Waals surface area contributed by atoms with E-state index < -0.39 is 0 Å². The number of halogens is 1. The van der Waals surface area contributed by atoms with Gasteiger partial charge in [-0.25, -0.2) is 0 Å². The fraction of sp³-hybridized carbons (Fsp3) is 0.200. The largest absolute Gasteiger partial charge is 0.497 e. The Bertz CT molecular complexity index is 269. The van der Waals surface area contributed by atoms with E-state index in [0.717, 1.165) is 18.0 Å². The molecule has 0 aliphatic carbocycles. The van der Waals surface area contributed by atoms with Crippen molar-refractivity contribution in [1.29, 1.82) is 0 Å². The van der Waals surface area contributed by atoms with Crippen LogP contribution in [0.2, 0.25) is 0 Å². The van der Waals surface area contributed by atoms with E-state index in [4.69, 9.17) is 16.3 Å². The Hall–Kier alpha value is -1.15. The third kappa shape index (κ3) is 3.38. The summed E-state index contributed by atoms with van der Waals surface area (Å²) in [5.41, 5.74) is 2.55. The highest BCUT2D eigenvalue weighted by Crippen LogP contribution is 2.14. The zero-order chi connectivity index (χ0) is 9.52. The van der Waals surface area contributed by atoms with E-state index in [9.17, 15) is 0 Å². The summed E-state index contributed by atoms with van der Waals surface area (Å²) in [6, 6.07) is 7.74. The van der Waals surface area contributed by atoms with Crippen LogP contribution in [0.25, 0.3) is 0 Å². The molecule has 0 fully saturated rings. The molecule has 1 aromatic carbocycles. The first kappa shape index (κ1) is 9.93. The molecule has 0 unspecified atom stereocenters. The lowest BCUT2D eigenvalue weighted by molar-refractivity contribution is 0.415. The molecule has 0 amide bonds. The van der Waals surface area contributed by atoms with Crippen LogP contribution in [0.1, 0.15) is 0 Å². The van der Waals surface area contributed by atoms with E-state index in [2.05, 4.69) is 5.32 Å². The first-order valence-electron chi connectivity index (χ1n) is 4.00. The number of methoxy groups -OCH3 is 1. The van der Waals surface area contributed by atoms with E-state index in [1.807, 2.05) is 30.3 Å². The van der Waals surface area contributed by atoms with Gasteiger partial charge in [-0.2, -0.15) is 0 Å². The number of ether oxygens (including phenoxy) is 1. The lowest BCUT2D eigenvalue weighted by atomic mass is 10.3. The van der Waals surface area contributed by atoms with Crippen molar-refractivity contribution in [2.75, 3.05) is 19.0 Å². The van der Waals surface area contributed by atoms with Crippen molar-refractivity contribution in [2.24, 2.45) is 0 Å². The SMILES string of the molecule is COc1ccc(NC/C=C/Cl)cc1.